The number of ether oxygens (including phenoxy) is 1. The van der Waals surface area contributed by atoms with E-state index in [0.717, 1.165) is 16.2 Å². The highest BCUT2D eigenvalue weighted by molar-refractivity contribution is 7.99. The van der Waals surface area contributed by atoms with Gasteiger partial charge in [-0.3, -0.25) is 4.79 Å². The molecule has 2 aromatic carbocycles. The van der Waals surface area contributed by atoms with Crippen molar-refractivity contribution in [1.82, 2.24) is 10.0 Å². The van der Waals surface area contributed by atoms with Crippen LogP contribution < -0.4 is 14.8 Å². The van der Waals surface area contributed by atoms with Crippen LogP contribution in [0.4, 0.5) is 0 Å². The first-order chi connectivity index (χ1) is 12.4. The zero-order valence-corrected chi connectivity index (χ0v) is 16.3. The van der Waals surface area contributed by atoms with Gasteiger partial charge >= 0.3 is 0 Å². The van der Waals surface area contributed by atoms with Crippen LogP contribution in [0.1, 0.15) is 12.0 Å². The predicted octanol–water partition coefficient (Wildman–Crippen LogP) is 2.40. The summed E-state index contributed by atoms with van der Waals surface area (Å²) in [4.78, 5) is 13.2. The number of rotatable bonds is 9. The molecule has 0 bridgehead atoms. The van der Waals surface area contributed by atoms with Gasteiger partial charge in [-0.05, 0) is 49.0 Å². The molecular formula is C18H22N2O4S2. The Morgan fingerprint density at radius 3 is 2.54 bits per heavy atom. The van der Waals surface area contributed by atoms with Crippen LogP contribution in [0.5, 0.6) is 5.75 Å². The SMILES string of the molecule is CNS(=O)(=O)c1cccc(CNC(=O)CCSc2ccc(OC)cc2)c1. The number of sulfonamides is 1. The van der Waals surface area contributed by atoms with Gasteiger partial charge < -0.3 is 10.1 Å². The summed E-state index contributed by atoms with van der Waals surface area (Å²) in [5, 5.41) is 2.81. The Morgan fingerprint density at radius 1 is 1.15 bits per heavy atom. The lowest BCUT2D eigenvalue weighted by molar-refractivity contribution is -0.120. The molecule has 0 saturated heterocycles. The summed E-state index contributed by atoms with van der Waals surface area (Å²) in [6.07, 6.45) is 0.380. The number of hydrogen-bond acceptors (Lipinski definition) is 5. The molecule has 0 spiro atoms. The molecule has 140 valence electrons. The van der Waals surface area contributed by atoms with Crippen LogP contribution in [-0.4, -0.2) is 34.2 Å². The van der Waals surface area contributed by atoms with Gasteiger partial charge in [-0.1, -0.05) is 12.1 Å². The van der Waals surface area contributed by atoms with E-state index >= 15 is 0 Å². The fourth-order valence-corrected chi connectivity index (χ4v) is 3.81. The van der Waals surface area contributed by atoms with Crippen molar-refractivity contribution >= 4 is 27.7 Å². The summed E-state index contributed by atoms with van der Waals surface area (Å²) in [5.74, 6) is 1.38. The highest BCUT2D eigenvalue weighted by atomic mass is 32.2. The first kappa shape index (κ1) is 20.3. The molecule has 2 aromatic rings. The Hall–Kier alpha value is -2.03. The second-order valence-electron chi connectivity index (χ2n) is 5.41. The molecule has 8 heteroatoms. The lowest BCUT2D eigenvalue weighted by Crippen LogP contribution is -2.23. The van der Waals surface area contributed by atoms with Gasteiger partial charge in [-0.25, -0.2) is 13.1 Å². The van der Waals surface area contributed by atoms with Crippen molar-refractivity contribution in [3.8, 4) is 5.75 Å². The fraction of sp³-hybridized carbons (Fsp3) is 0.278. The maximum absolute atomic E-state index is 12.0. The smallest absolute Gasteiger partial charge is 0.240 e. The van der Waals surface area contributed by atoms with E-state index in [4.69, 9.17) is 4.74 Å². The van der Waals surface area contributed by atoms with Crippen molar-refractivity contribution in [3.63, 3.8) is 0 Å². The van der Waals surface area contributed by atoms with Gasteiger partial charge in [0.25, 0.3) is 0 Å². The molecule has 6 nitrogen and oxygen atoms in total. The minimum absolute atomic E-state index is 0.0760. The van der Waals surface area contributed by atoms with Crippen molar-refractivity contribution in [2.45, 2.75) is 22.8 Å². The van der Waals surface area contributed by atoms with Gasteiger partial charge in [-0.2, -0.15) is 0 Å². The van der Waals surface area contributed by atoms with Crippen molar-refractivity contribution in [1.29, 1.82) is 0 Å². The maximum Gasteiger partial charge on any atom is 0.240 e. The quantitative estimate of drug-likeness (QED) is 0.638. The molecule has 0 atom stereocenters. The average molecular weight is 395 g/mol. The summed E-state index contributed by atoms with van der Waals surface area (Å²) < 4.78 is 31.0. The summed E-state index contributed by atoms with van der Waals surface area (Å²) >= 11 is 1.59. The highest BCUT2D eigenvalue weighted by Crippen LogP contribution is 2.21. The second-order valence-corrected chi connectivity index (χ2v) is 8.46. The molecule has 0 aliphatic heterocycles. The maximum atomic E-state index is 12.0. The number of carbonyl (C=O) groups excluding carboxylic acids is 1. The molecule has 2 N–H and O–H groups in total. The third-order valence-corrected chi connectivity index (χ3v) is 6.05. The standard InChI is InChI=1S/C18H22N2O4S2/c1-19-26(22,23)17-5-3-4-14(12-17)13-20-18(21)10-11-25-16-8-6-15(24-2)7-9-16/h3-9,12,19H,10-11,13H2,1-2H3,(H,20,21). The monoisotopic (exact) mass is 394 g/mol. The lowest BCUT2D eigenvalue weighted by atomic mass is 10.2. The lowest BCUT2D eigenvalue weighted by Gasteiger charge is -2.08. The fourth-order valence-electron chi connectivity index (χ4n) is 2.16. The molecule has 0 aliphatic carbocycles. The van der Waals surface area contributed by atoms with E-state index in [1.165, 1.54) is 13.1 Å². The molecule has 0 saturated carbocycles. The molecule has 0 heterocycles. The van der Waals surface area contributed by atoms with Crippen molar-refractivity contribution < 1.29 is 17.9 Å². The van der Waals surface area contributed by atoms with Gasteiger partial charge in [-0.15, -0.1) is 11.8 Å². The summed E-state index contributed by atoms with van der Waals surface area (Å²) in [7, 11) is -0.497. The topological polar surface area (TPSA) is 84.5 Å². The van der Waals surface area contributed by atoms with E-state index < -0.39 is 10.0 Å². The van der Waals surface area contributed by atoms with Gasteiger partial charge in [0.2, 0.25) is 15.9 Å². The van der Waals surface area contributed by atoms with E-state index in [2.05, 4.69) is 10.0 Å². The van der Waals surface area contributed by atoms with E-state index in [1.807, 2.05) is 24.3 Å². The summed E-state index contributed by atoms with van der Waals surface area (Å²) in [6.45, 7) is 0.291. The Morgan fingerprint density at radius 2 is 1.88 bits per heavy atom. The molecule has 0 unspecified atom stereocenters. The number of carbonyl (C=O) groups is 1. The average Bonchev–Trinajstić information content (AvgIpc) is 2.67. The van der Waals surface area contributed by atoms with Gasteiger partial charge in [0.1, 0.15) is 5.75 Å². The number of hydrogen-bond donors (Lipinski definition) is 2. The largest absolute Gasteiger partial charge is 0.497 e. The first-order valence-electron chi connectivity index (χ1n) is 8.00. The summed E-state index contributed by atoms with van der Waals surface area (Å²) in [5.41, 5.74) is 0.734. The Kier molecular flexibility index (Phi) is 7.50. The van der Waals surface area contributed by atoms with Crippen LogP contribution in [0.3, 0.4) is 0 Å². The number of thioether (sulfide) groups is 1. The van der Waals surface area contributed by atoms with Gasteiger partial charge in [0, 0.05) is 23.6 Å². The Bertz CT molecular complexity index is 837. The molecule has 2 rings (SSSR count). The Balaban J connectivity index is 1.79. The molecule has 0 radical (unpaired) electrons. The van der Waals surface area contributed by atoms with E-state index in [0.29, 0.717) is 18.7 Å². The number of methoxy groups -OCH3 is 1. The zero-order valence-electron chi connectivity index (χ0n) is 14.7. The van der Waals surface area contributed by atoms with Crippen molar-refractivity contribution in [2.75, 3.05) is 19.9 Å². The van der Waals surface area contributed by atoms with Crippen LogP contribution >= 0.6 is 11.8 Å². The van der Waals surface area contributed by atoms with Crippen LogP contribution in [0, 0.1) is 0 Å². The molecule has 26 heavy (non-hydrogen) atoms. The number of benzene rings is 2. The summed E-state index contributed by atoms with van der Waals surface area (Å²) in [6, 6.07) is 14.2. The minimum atomic E-state index is -3.48. The second kappa shape index (κ2) is 9.61. The first-order valence-corrected chi connectivity index (χ1v) is 10.5. The van der Waals surface area contributed by atoms with Gasteiger partial charge in [0.05, 0.1) is 12.0 Å². The van der Waals surface area contributed by atoms with Crippen molar-refractivity contribution in [3.05, 3.63) is 54.1 Å². The molecular weight excluding hydrogens is 372 g/mol. The third-order valence-electron chi connectivity index (χ3n) is 3.62. The highest BCUT2D eigenvalue weighted by Gasteiger charge is 2.11. The number of amides is 1. The normalized spacial score (nSPS) is 11.2. The van der Waals surface area contributed by atoms with E-state index in [9.17, 15) is 13.2 Å². The van der Waals surface area contributed by atoms with Crippen LogP contribution in [0.2, 0.25) is 0 Å². The van der Waals surface area contributed by atoms with E-state index in [-0.39, 0.29) is 10.8 Å². The predicted molar refractivity (Wildman–Crippen MR) is 103 cm³/mol. The minimum Gasteiger partial charge on any atom is -0.497 e. The molecule has 0 aromatic heterocycles. The van der Waals surface area contributed by atoms with Crippen molar-refractivity contribution in [2.24, 2.45) is 0 Å². The van der Waals surface area contributed by atoms with Gasteiger partial charge in [0.15, 0.2) is 0 Å². The van der Waals surface area contributed by atoms with Crippen LogP contribution in [0.25, 0.3) is 0 Å². The number of nitrogens with one attached hydrogen (secondary N) is 2. The third kappa shape index (κ3) is 6.05. The van der Waals surface area contributed by atoms with E-state index in [1.54, 1.807) is 37.1 Å². The Labute approximate surface area is 158 Å². The van der Waals surface area contributed by atoms with Crippen LogP contribution in [0.15, 0.2) is 58.3 Å². The van der Waals surface area contributed by atoms with Crippen LogP contribution in [-0.2, 0) is 21.4 Å². The molecule has 0 fully saturated rings. The molecule has 0 aliphatic rings. The molecule has 1 amide bonds. The zero-order chi connectivity index (χ0) is 19.0.